The normalized spacial score (nSPS) is 23.2. The highest BCUT2D eigenvalue weighted by Crippen LogP contribution is 2.18. The molecule has 2 atom stereocenters. The number of hydrogen-bond donors (Lipinski definition) is 1. The van der Waals surface area contributed by atoms with Crippen molar-refractivity contribution in [2.24, 2.45) is 5.73 Å². The van der Waals surface area contributed by atoms with Gasteiger partial charge in [0, 0.05) is 6.54 Å². The maximum Gasteiger partial charge on any atom is 0.119 e. The van der Waals surface area contributed by atoms with Crippen molar-refractivity contribution >= 4 is 0 Å². The molecule has 4 heteroatoms. The number of ether oxygens (including phenoxy) is 3. The van der Waals surface area contributed by atoms with E-state index in [-0.39, 0.29) is 12.2 Å². The third-order valence-electron chi connectivity index (χ3n) is 3.00. The van der Waals surface area contributed by atoms with E-state index < -0.39 is 0 Å². The average Bonchev–Trinajstić information content (AvgIpc) is 2.87. The van der Waals surface area contributed by atoms with E-state index in [1.807, 2.05) is 30.3 Å². The first-order valence-electron chi connectivity index (χ1n) is 6.49. The summed E-state index contributed by atoms with van der Waals surface area (Å²) in [5, 5.41) is 0. The van der Waals surface area contributed by atoms with E-state index in [1.54, 1.807) is 0 Å². The number of rotatable bonds is 7. The second kappa shape index (κ2) is 7.36. The third kappa shape index (κ3) is 4.29. The lowest BCUT2D eigenvalue weighted by Gasteiger charge is -2.13. The molecule has 0 spiro atoms. The molecule has 18 heavy (non-hydrogen) atoms. The van der Waals surface area contributed by atoms with E-state index in [4.69, 9.17) is 19.9 Å². The minimum absolute atomic E-state index is 0.204. The number of hydrogen-bond acceptors (Lipinski definition) is 4. The molecule has 2 rings (SSSR count). The van der Waals surface area contributed by atoms with Gasteiger partial charge in [-0.05, 0) is 25.0 Å². The van der Waals surface area contributed by atoms with Crippen LogP contribution in [0.15, 0.2) is 30.3 Å². The lowest BCUT2D eigenvalue weighted by molar-refractivity contribution is -0.0173. The SMILES string of the molecule is NCC1CCC(COCCOc2ccccc2)O1. The fourth-order valence-electron chi connectivity index (χ4n) is 2.03. The molecular weight excluding hydrogens is 230 g/mol. The molecule has 100 valence electrons. The van der Waals surface area contributed by atoms with Crippen LogP contribution < -0.4 is 10.5 Å². The van der Waals surface area contributed by atoms with E-state index in [0.29, 0.717) is 26.4 Å². The van der Waals surface area contributed by atoms with Crippen LogP contribution >= 0.6 is 0 Å². The van der Waals surface area contributed by atoms with Crippen LogP contribution in [-0.2, 0) is 9.47 Å². The Morgan fingerprint density at radius 3 is 2.61 bits per heavy atom. The van der Waals surface area contributed by atoms with Gasteiger partial charge in [0.1, 0.15) is 12.4 Å². The molecule has 1 saturated heterocycles. The van der Waals surface area contributed by atoms with Gasteiger partial charge in [0.2, 0.25) is 0 Å². The zero-order valence-electron chi connectivity index (χ0n) is 10.6. The summed E-state index contributed by atoms with van der Waals surface area (Å²) in [4.78, 5) is 0. The first kappa shape index (κ1) is 13.3. The van der Waals surface area contributed by atoms with Gasteiger partial charge in [-0.3, -0.25) is 0 Å². The zero-order chi connectivity index (χ0) is 12.6. The van der Waals surface area contributed by atoms with Crippen LogP contribution in [0, 0.1) is 0 Å². The van der Waals surface area contributed by atoms with Crippen molar-refractivity contribution in [2.45, 2.75) is 25.0 Å². The van der Waals surface area contributed by atoms with E-state index in [1.165, 1.54) is 0 Å². The summed E-state index contributed by atoms with van der Waals surface area (Å²) >= 11 is 0. The molecule has 0 aromatic heterocycles. The molecule has 0 bridgehead atoms. The van der Waals surface area contributed by atoms with Gasteiger partial charge in [0.25, 0.3) is 0 Å². The summed E-state index contributed by atoms with van der Waals surface area (Å²) in [6.07, 6.45) is 2.52. The van der Waals surface area contributed by atoms with Crippen LogP contribution in [0.2, 0.25) is 0 Å². The monoisotopic (exact) mass is 251 g/mol. The summed E-state index contributed by atoms with van der Waals surface area (Å²) in [6, 6.07) is 9.75. The molecule has 1 aliphatic heterocycles. The van der Waals surface area contributed by atoms with Gasteiger partial charge in [-0.1, -0.05) is 18.2 Å². The molecule has 2 unspecified atom stereocenters. The zero-order valence-corrected chi connectivity index (χ0v) is 10.6. The fraction of sp³-hybridized carbons (Fsp3) is 0.571. The van der Waals surface area contributed by atoms with Crippen molar-refractivity contribution in [3.8, 4) is 5.75 Å². The van der Waals surface area contributed by atoms with Crippen LogP contribution in [0.25, 0.3) is 0 Å². The highest BCUT2D eigenvalue weighted by Gasteiger charge is 2.23. The van der Waals surface area contributed by atoms with E-state index in [0.717, 1.165) is 18.6 Å². The Labute approximate surface area is 108 Å². The Bertz CT molecular complexity index is 331. The maximum atomic E-state index is 5.68. The Balaban J connectivity index is 1.52. The molecule has 1 aliphatic rings. The molecule has 1 fully saturated rings. The van der Waals surface area contributed by atoms with Crippen molar-refractivity contribution in [3.63, 3.8) is 0 Å². The summed E-state index contributed by atoms with van der Waals surface area (Å²) in [7, 11) is 0. The van der Waals surface area contributed by atoms with Crippen molar-refractivity contribution in [2.75, 3.05) is 26.4 Å². The van der Waals surface area contributed by atoms with Gasteiger partial charge in [-0.25, -0.2) is 0 Å². The molecular formula is C14H21NO3. The Morgan fingerprint density at radius 2 is 1.89 bits per heavy atom. The summed E-state index contributed by atoms with van der Waals surface area (Å²) < 4.78 is 16.8. The van der Waals surface area contributed by atoms with Crippen LogP contribution in [-0.4, -0.2) is 38.6 Å². The van der Waals surface area contributed by atoms with Crippen LogP contribution in [0.1, 0.15) is 12.8 Å². The Hall–Kier alpha value is -1.10. The molecule has 4 nitrogen and oxygen atoms in total. The predicted molar refractivity (Wildman–Crippen MR) is 69.7 cm³/mol. The first-order valence-corrected chi connectivity index (χ1v) is 6.49. The molecule has 1 heterocycles. The van der Waals surface area contributed by atoms with Crippen molar-refractivity contribution < 1.29 is 14.2 Å². The average molecular weight is 251 g/mol. The predicted octanol–water partition coefficient (Wildman–Crippen LogP) is 1.59. The van der Waals surface area contributed by atoms with Gasteiger partial charge >= 0.3 is 0 Å². The van der Waals surface area contributed by atoms with Crippen molar-refractivity contribution in [1.82, 2.24) is 0 Å². The van der Waals surface area contributed by atoms with E-state index in [2.05, 4.69) is 0 Å². The smallest absolute Gasteiger partial charge is 0.119 e. The van der Waals surface area contributed by atoms with Crippen LogP contribution in [0.3, 0.4) is 0 Å². The van der Waals surface area contributed by atoms with Gasteiger partial charge in [0.15, 0.2) is 0 Å². The highest BCUT2D eigenvalue weighted by atomic mass is 16.6. The second-order valence-electron chi connectivity index (χ2n) is 4.43. The van der Waals surface area contributed by atoms with Gasteiger partial charge in [-0.15, -0.1) is 0 Å². The number of para-hydroxylation sites is 1. The minimum Gasteiger partial charge on any atom is -0.491 e. The first-order chi connectivity index (χ1) is 8.88. The highest BCUT2D eigenvalue weighted by molar-refractivity contribution is 5.20. The fourth-order valence-corrected chi connectivity index (χ4v) is 2.03. The lowest BCUT2D eigenvalue weighted by Crippen LogP contribution is -2.23. The molecule has 0 radical (unpaired) electrons. The third-order valence-corrected chi connectivity index (χ3v) is 3.00. The van der Waals surface area contributed by atoms with Crippen LogP contribution in [0.4, 0.5) is 0 Å². The summed E-state index contributed by atoms with van der Waals surface area (Å²) in [5.41, 5.74) is 5.55. The molecule has 0 aliphatic carbocycles. The standard InChI is InChI=1S/C14H21NO3/c15-10-13-6-7-14(18-13)11-16-8-9-17-12-4-2-1-3-5-12/h1-5,13-14H,6-11,15H2. The summed E-state index contributed by atoms with van der Waals surface area (Å²) in [5.74, 6) is 0.876. The van der Waals surface area contributed by atoms with E-state index >= 15 is 0 Å². The molecule has 0 amide bonds. The largest absolute Gasteiger partial charge is 0.491 e. The van der Waals surface area contributed by atoms with Crippen LogP contribution in [0.5, 0.6) is 5.75 Å². The van der Waals surface area contributed by atoms with E-state index in [9.17, 15) is 0 Å². The van der Waals surface area contributed by atoms with Crippen molar-refractivity contribution in [1.29, 1.82) is 0 Å². The quantitative estimate of drug-likeness (QED) is 0.748. The van der Waals surface area contributed by atoms with Gasteiger partial charge in [0.05, 0.1) is 25.4 Å². The minimum atomic E-state index is 0.204. The topological polar surface area (TPSA) is 53.7 Å². The number of nitrogens with two attached hydrogens (primary N) is 1. The maximum absolute atomic E-state index is 5.68. The van der Waals surface area contributed by atoms with Crippen molar-refractivity contribution in [3.05, 3.63) is 30.3 Å². The molecule has 0 saturated carbocycles. The Kier molecular flexibility index (Phi) is 5.45. The Morgan fingerprint density at radius 1 is 1.11 bits per heavy atom. The lowest BCUT2D eigenvalue weighted by atomic mass is 10.2. The molecule has 2 N–H and O–H groups in total. The van der Waals surface area contributed by atoms with Gasteiger partial charge in [-0.2, -0.15) is 0 Å². The molecule has 1 aromatic carbocycles. The number of benzene rings is 1. The van der Waals surface area contributed by atoms with Gasteiger partial charge < -0.3 is 19.9 Å². The summed E-state index contributed by atoms with van der Waals surface area (Å²) in [6.45, 7) is 2.39. The molecule has 1 aromatic rings. The second-order valence-corrected chi connectivity index (χ2v) is 4.43.